The van der Waals surface area contributed by atoms with Crippen LogP contribution in [0.1, 0.15) is 38.8 Å². The minimum Gasteiger partial charge on any atom is -0.491 e. The summed E-state index contributed by atoms with van der Waals surface area (Å²) < 4.78 is 177. The molecule has 0 heterocycles. The first kappa shape index (κ1) is 108. The van der Waals surface area contributed by atoms with Gasteiger partial charge >= 0.3 is 11.9 Å². The quantitative estimate of drug-likeness (QED) is 0.0450. The molecule has 0 bridgehead atoms. The molecule has 2 aromatic carbocycles. The Bertz CT molecular complexity index is 2290. The van der Waals surface area contributed by atoms with Gasteiger partial charge in [-0.15, -0.1) is 0 Å². The molecule has 0 aliphatic heterocycles. The highest BCUT2D eigenvalue weighted by Gasteiger charge is 2.23. The number of hydrogen-bond donors (Lipinski definition) is 0. The van der Waals surface area contributed by atoms with Crippen LogP contribution >= 0.6 is 0 Å². The van der Waals surface area contributed by atoms with Gasteiger partial charge in [0.15, 0.2) is 0 Å². The highest BCUT2D eigenvalue weighted by atomic mass is 16.6. The topological polar surface area (TPSA) is 330 Å². The monoisotopic (exact) mass is 1680 g/mol. The molecular formula is C83H144O34. The second-order valence-electron chi connectivity index (χ2n) is 25.3. The molecule has 0 aliphatic carbocycles. The van der Waals surface area contributed by atoms with Crippen molar-refractivity contribution in [3.8, 4) is 11.5 Å². The third kappa shape index (κ3) is 74.9. The van der Waals surface area contributed by atoms with E-state index >= 15 is 0 Å². The van der Waals surface area contributed by atoms with Gasteiger partial charge in [0.2, 0.25) is 0 Å². The van der Waals surface area contributed by atoms with Crippen LogP contribution in [-0.4, -0.2) is 408 Å². The Morgan fingerprint density at radius 3 is 0.427 bits per heavy atom. The average Bonchev–Trinajstić information content (AvgIpc) is 0.804. The molecule has 0 atom stereocenters. The number of hydrogen-bond acceptors (Lipinski definition) is 34. The number of ether oxygens (including phenoxy) is 32. The molecule has 0 unspecified atom stereocenters. The van der Waals surface area contributed by atoms with Crippen LogP contribution in [0.2, 0.25) is 0 Å². The van der Waals surface area contributed by atoms with E-state index in [4.69, 9.17) is 152 Å². The molecule has 2 aromatic rings. The Kier molecular flexibility index (Phi) is 80.0. The second-order valence-corrected chi connectivity index (χ2v) is 25.3. The van der Waals surface area contributed by atoms with Crippen LogP contribution in [0, 0.1) is 0 Å². The number of esters is 2. The van der Waals surface area contributed by atoms with Gasteiger partial charge < -0.3 is 152 Å². The molecule has 0 radical (unpaired) electrons. The molecule has 680 valence electrons. The molecule has 0 saturated heterocycles. The van der Waals surface area contributed by atoms with Crippen LogP contribution in [0.4, 0.5) is 0 Å². The Labute approximate surface area is 695 Å². The van der Waals surface area contributed by atoms with Crippen molar-refractivity contribution >= 4 is 11.9 Å². The summed E-state index contributed by atoms with van der Waals surface area (Å²) in [7, 11) is 0. The van der Waals surface area contributed by atoms with Crippen molar-refractivity contribution in [1.29, 1.82) is 0 Å². The van der Waals surface area contributed by atoms with Crippen LogP contribution in [-0.2, 0) is 157 Å². The summed E-state index contributed by atoms with van der Waals surface area (Å²) in [5.74, 6) is 0.719. The van der Waals surface area contributed by atoms with E-state index in [1.54, 1.807) is 13.8 Å². The van der Waals surface area contributed by atoms with Crippen molar-refractivity contribution < 1.29 is 161 Å². The largest absolute Gasteiger partial charge is 0.491 e. The van der Waals surface area contributed by atoms with E-state index < -0.39 is 11.9 Å². The van der Waals surface area contributed by atoms with Crippen LogP contribution in [0.3, 0.4) is 0 Å². The summed E-state index contributed by atoms with van der Waals surface area (Å²) in [4.78, 5) is 22.5. The van der Waals surface area contributed by atoms with Crippen LogP contribution < -0.4 is 9.47 Å². The van der Waals surface area contributed by atoms with E-state index in [1.807, 2.05) is 24.3 Å². The minimum absolute atomic E-state index is 0.187. The number of carbonyl (C=O) groups is 2. The third-order valence-corrected chi connectivity index (χ3v) is 15.4. The lowest BCUT2D eigenvalue weighted by Gasteiger charge is -2.26. The SMILES string of the molecule is C=C(C)C(=O)OCCOCCOCCOCCOCCOCCOCCOCCOCCOCCOCCOCCOCCOCCOCCOc1ccc(C(C)(C)c2ccc(OCCOCCOCCOCCOCCOCCOCCOCCOCCOCCOCCOCCOCCOCCOCCOC(=O)C(=C)C)cc2)cc1. The predicted octanol–water partition coefficient (Wildman–Crippen LogP) is 5.47. The minimum atomic E-state index is -0.421. The fourth-order valence-electron chi connectivity index (χ4n) is 9.09. The van der Waals surface area contributed by atoms with E-state index in [2.05, 4.69) is 51.3 Å². The van der Waals surface area contributed by atoms with Gasteiger partial charge in [0.25, 0.3) is 0 Å². The molecule has 0 saturated carbocycles. The fourth-order valence-corrected chi connectivity index (χ4v) is 9.09. The molecule has 34 nitrogen and oxygen atoms in total. The Balaban J connectivity index is 1.21. The molecule has 0 aliphatic rings. The summed E-state index contributed by atoms with van der Waals surface area (Å²) in [6, 6.07) is 16.4. The third-order valence-electron chi connectivity index (χ3n) is 15.4. The van der Waals surface area contributed by atoms with E-state index in [0.29, 0.717) is 394 Å². The van der Waals surface area contributed by atoms with Crippen molar-refractivity contribution in [2.45, 2.75) is 33.1 Å². The predicted molar refractivity (Wildman–Crippen MR) is 430 cm³/mol. The van der Waals surface area contributed by atoms with Gasteiger partial charge in [-0.05, 0) is 49.2 Å². The number of rotatable bonds is 96. The van der Waals surface area contributed by atoms with Gasteiger partial charge in [0, 0.05) is 16.6 Å². The number of benzene rings is 2. The molecule has 2 rings (SSSR count). The summed E-state index contributed by atoms with van der Waals surface area (Å²) in [5, 5.41) is 0. The van der Waals surface area contributed by atoms with Crippen molar-refractivity contribution in [1.82, 2.24) is 0 Å². The zero-order chi connectivity index (χ0) is 83.8. The van der Waals surface area contributed by atoms with Gasteiger partial charge in [0.05, 0.1) is 370 Å². The first-order valence-corrected chi connectivity index (χ1v) is 40.9. The molecule has 0 N–H and O–H groups in total. The normalized spacial score (nSPS) is 11.7. The molecule has 34 heteroatoms. The number of carbonyl (C=O) groups excluding carboxylic acids is 2. The first-order chi connectivity index (χ1) is 57.6. The zero-order valence-corrected chi connectivity index (χ0v) is 70.8. The van der Waals surface area contributed by atoms with Crippen molar-refractivity contribution in [2.75, 3.05) is 396 Å². The van der Waals surface area contributed by atoms with Gasteiger partial charge in [-0.25, -0.2) is 9.59 Å². The Morgan fingerprint density at radius 1 is 0.197 bits per heavy atom. The lowest BCUT2D eigenvalue weighted by molar-refractivity contribution is -0.141. The van der Waals surface area contributed by atoms with E-state index in [9.17, 15) is 9.59 Å². The highest BCUT2D eigenvalue weighted by molar-refractivity contribution is 5.87. The summed E-state index contributed by atoms with van der Waals surface area (Å²) in [5.41, 5.74) is 2.82. The fraction of sp³-hybridized carbons (Fsp3) is 0.783. The maximum Gasteiger partial charge on any atom is 0.333 e. The van der Waals surface area contributed by atoms with Gasteiger partial charge in [0.1, 0.15) is 37.9 Å². The Morgan fingerprint density at radius 2 is 0.308 bits per heavy atom. The maximum absolute atomic E-state index is 11.3. The smallest absolute Gasteiger partial charge is 0.333 e. The van der Waals surface area contributed by atoms with Crippen molar-refractivity contribution in [2.24, 2.45) is 0 Å². The highest BCUT2D eigenvalue weighted by Crippen LogP contribution is 2.33. The molecule has 0 fully saturated rings. The standard InChI is InChI=1S/C83H144O34/c1-75(2)81(84)116-73-69-112-65-61-108-57-53-104-49-45-100-41-37-96-33-29-92-25-21-88-17-15-86-19-23-90-27-31-94-35-39-98-43-47-102-51-55-106-59-63-110-67-71-114-79-11-7-77(8-12-79)83(5,6)78-9-13-80(14-10-78)115-72-68-111-64-60-107-56-52-103-48-44-99-40-36-95-32-28-91-24-20-87-16-18-89-22-26-93-30-34-97-38-42-101-46-50-105-54-58-109-62-66-113-70-74-117-82(85)76(3)4/h7-14H,1,3,15-74H2,2,4-6H3. The lowest BCUT2D eigenvalue weighted by Crippen LogP contribution is -2.19. The average molecular weight is 1690 g/mol. The van der Waals surface area contributed by atoms with Gasteiger partial charge in [-0.2, -0.15) is 0 Å². The molecule has 0 spiro atoms. The van der Waals surface area contributed by atoms with Crippen LogP contribution in [0.15, 0.2) is 72.8 Å². The van der Waals surface area contributed by atoms with Gasteiger partial charge in [-0.3, -0.25) is 0 Å². The molecule has 0 amide bonds. The summed E-state index contributed by atoms with van der Waals surface area (Å²) >= 11 is 0. The first-order valence-electron chi connectivity index (χ1n) is 40.9. The summed E-state index contributed by atoms with van der Waals surface area (Å²) in [6.45, 7) is 41.6. The molecular weight excluding hydrogens is 1540 g/mol. The second kappa shape index (κ2) is 86.3. The van der Waals surface area contributed by atoms with Crippen LogP contribution in [0.25, 0.3) is 0 Å². The molecule has 0 aromatic heterocycles. The Hall–Kier alpha value is -4.66. The van der Waals surface area contributed by atoms with E-state index in [-0.39, 0.29) is 18.6 Å². The van der Waals surface area contributed by atoms with Gasteiger partial charge in [-0.1, -0.05) is 51.3 Å². The zero-order valence-electron chi connectivity index (χ0n) is 70.8. The summed E-state index contributed by atoms with van der Waals surface area (Å²) in [6.07, 6.45) is 0. The van der Waals surface area contributed by atoms with E-state index in [1.165, 1.54) is 0 Å². The van der Waals surface area contributed by atoms with Crippen LogP contribution in [0.5, 0.6) is 11.5 Å². The van der Waals surface area contributed by atoms with Crippen molar-refractivity contribution in [3.05, 3.63) is 84.0 Å². The lowest BCUT2D eigenvalue weighted by atomic mass is 9.78. The molecule has 117 heavy (non-hydrogen) atoms. The van der Waals surface area contributed by atoms with E-state index in [0.717, 1.165) is 22.6 Å². The van der Waals surface area contributed by atoms with Crippen molar-refractivity contribution in [3.63, 3.8) is 0 Å². The maximum atomic E-state index is 11.3.